The summed E-state index contributed by atoms with van der Waals surface area (Å²) in [6.45, 7) is 6.70. The van der Waals surface area contributed by atoms with Crippen LogP contribution in [0.4, 0.5) is 0 Å². The highest BCUT2D eigenvalue weighted by molar-refractivity contribution is 5.28. The summed E-state index contributed by atoms with van der Waals surface area (Å²) in [4.78, 5) is 0. The summed E-state index contributed by atoms with van der Waals surface area (Å²) < 4.78 is 0. The number of allylic oxidation sites excluding steroid dienone is 4. The van der Waals surface area contributed by atoms with Gasteiger partial charge in [0.15, 0.2) is 0 Å². The van der Waals surface area contributed by atoms with Crippen LogP contribution in [0, 0.1) is 5.92 Å². The van der Waals surface area contributed by atoms with E-state index in [1.165, 1.54) is 19.3 Å². The molecule has 0 fully saturated rings. The maximum Gasteiger partial charge on any atom is -0.0191 e. The Morgan fingerprint density at radius 3 is 2.73 bits per heavy atom. The highest BCUT2D eigenvalue weighted by Crippen LogP contribution is 2.30. The van der Waals surface area contributed by atoms with E-state index in [1.807, 2.05) is 0 Å². The average Bonchev–Trinajstić information content (AvgIpc) is 1.97. The maximum absolute atomic E-state index is 2.33. The predicted molar refractivity (Wildman–Crippen MR) is 50.5 cm³/mol. The topological polar surface area (TPSA) is 0 Å². The van der Waals surface area contributed by atoms with Crippen molar-refractivity contribution in [1.29, 1.82) is 0 Å². The Morgan fingerprint density at radius 1 is 1.45 bits per heavy atom. The molecule has 1 atom stereocenters. The zero-order chi connectivity index (χ0) is 8.27. The van der Waals surface area contributed by atoms with Crippen LogP contribution in [0.25, 0.3) is 0 Å². The van der Waals surface area contributed by atoms with Crippen LogP contribution in [-0.4, -0.2) is 0 Å². The second-order valence-electron chi connectivity index (χ2n) is 3.53. The van der Waals surface area contributed by atoms with E-state index in [0.717, 1.165) is 5.92 Å². The summed E-state index contributed by atoms with van der Waals surface area (Å²) in [5.41, 5.74) is 3.18. The summed E-state index contributed by atoms with van der Waals surface area (Å²) in [5, 5.41) is 0. The molecule has 0 nitrogen and oxygen atoms in total. The molecule has 0 N–H and O–H groups in total. The SMILES string of the molecule is C/C=C/C1=C(C)CCCC1C. The third-order valence-corrected chi connectivity index (χ3v) is 2.56. The van der Waals surface area contributed by atoms with E-state index >= 15 is 0 Å². The van der Waals surface area contributed by atoms with Crippen molar-refractivity contribution >= 4 is 0 Å². The molecule has 1 aliphatic carbocycles. The van der Waals surface area contributed by atoms with E-state index in [0.29, 0.717) is 0 Å². The number of rotatable bonds is 1. The van der Waals surface area contributed by atoms with Gasteiger partial charge in [-0.3, -0.25) is 0 Å². The third kappa shape index (κ3) is 1.95. The van der Waals surface area contributed by atoms with Gasteiger partial charge in [0, 0.05) is 0 Å². The van der Waals surface area contributed by atoms with Gasteiger partial charge < -0.3 is 0 Å². The highest BCUT2D eigenvalue weighted by atomic mass is 14.2. The first kappa shape index (κ1) is 8.58. The minimum atomic E-state index is 0.792. The van der Waals surface area contributed by atoms with Gasteiger partial charge in [0.05, 0.1) is 0 Å². The van der Waals surface area contributed by atoms with Crippen molar-refractivity contribution in [2.24, 2.45) is 5.92 Å². The fourth-order valence-electron chi connectivity index (χ4n) is 1.88. The first-order valence-corrected chi connectivity index (χ1v) is 4.58. The van der Waals surface area contributed by atoms with Crippen molar-refractivity contribution in [3.8, 4) is 0 Å². The summed E-state index contributed by atoms with van der Waals surface area (Å²) in [6.07, 6.45) is 8.49. The summed E-state index contributed by atoms with van der Waals surface area (Å²) >= 11 is 0. The van der Waals surface area contributed by atoms with E-state index in [2.05, 4.69) is 32.9 Å². The molecule has 1 rings (SSSR count). The maximum atomic E-state index is 2.33. The Kier molecular flexibility index (Phi) is 2.92. The minimum absolute atomic E-state index is 0.792. The Bertz CT molecular complexity index is 184. The van der Waals surface area contributed by atoms with Gasteiger partial charge in [-0.1, -0.05) is 24.6 Å². The highest BCUT2D eigenvalue weighted by Gasteiger charge is 2.13. The van der Waals surface area contributed by atoms with Gasteiger partial charge in [-0.25, -0.2) is 0 Å². The van der Waals surface area contributed by atoms with Crippen LogP contribution in [0.1, 0.15) is 40.0 Å². The molecule has 11 heavy (non-hydrogen) atoms. The minimum Gasteiger partial charge on any atom is -0.0874 e. The van der Waals surface area contributed by atoms with Crippen molar-refractivity contribution in [2.45, 2.75) is 40.0 Å². The normalized spacial score (nSPS) is 26.6. The predicted octanol–water partition coefficient (Wildman–Crippen LogP) is 3.70. The molecule has 0 heterocycles. The van der Waals surface area contributed by atoms with Crippen LogP contribution >= 0.6 is 0 Å². The molecule has 0 aliphatic heterocycles. The Balaban J connectivity index is 2.82. The zero-order valence-corrected chi connectivity index (χ0v) is 7.85. The summed E-state index contributed by atoms with van der Waals surface area (Å²) in [7, 11) is 0. The number of hydrogen-bond acceptors (Lipinski definition) is 0. The van der Waals surface area contributed by atoms with E-state index in [1.54, 1.807) is 11.1 Å². The molecule has 0 radical (unpaired) electrons. The molecule has 62 valence electrons. The van der Waals surface area contributed by atoms with Gasteiger partial charge in [-0.05, 0) is 44.6 Å². The van der Waals surface area contributed by atoms with Gasteiger partial charge >= 0.3 is 0 Å². The van der Waals surface area contributed by atoms with Crippen LogP contribution in [0.5, 0.6) is 0 Å². The number of hydrogen-bond donors (Lipinski definition) is 0. The molecule has 0 bridgehead atoms. The van der Waals surface area contributed by atoms with E-state index in [9.17, 15) is 0 Å². The van der Waals surface area contributed by atoms with Crippen molar-refractivity contribution < 1.29 is 0 Å². The second kappa shape index (κ2) is 3.75. The van der Waals surface area contributed by atoms with Crippen molar-refractivity contribution in [1.82, 2.24) is 0 Å². The zero-order valence-electron chi connectivity index (χ0n) is 7.85. The van der Waals surface area contributed by atoms with Crippen molar-refractivity contribution in [3.05, 3.63) is 23.3 Å². The molecule has 0 saturated heterocycles. The van der Waals surface area contributed by atoms with E-state index in [-0.39, 0.29) is 0 Å². The largest absolute Gasteiger partial charge is 0.0874 e. The van der Waals surface area contributed by atoms with Crippen molar-refractivity contribution in [3.63, 3.8) is 0 Å². The lowest BCUT2D eigenvalue weighted by atomic mass is 9.84. The van der Waals surface area contributed by atoms with Crippen LogP contribution in [0.2, 0.25) is 0 Å². The fourth-order valence-corrected chi connectivity index (χ4v) is 1.88. The van der Waals surface area contributed by atoms with Gasteiger partial charge in [0.25, 0.3) is 0 Å². The van der Waals surface area contributed by atoms with Gasteiger partial charge in [-0.15, -0.1) is 0 Å². The van der Waals surface area contributed by atoms with E-state index < -0.39 is 0 Å². The Hall–Kier alpha value is -0.520. The molecule has 0 saturated carbocycles. The molecule has 0 aromatic carbocycles. The molecule has 1 aliphatic rings. The molecule has 1 unspecified atom stereocenters. The fraction of sp³-hybridized carbons (Fsp3) is 0.636. The van der Waals surface area contributed by atoms with Crippen LogP contribution in [0.15, 0.2) is 23.3 Å². The quantitative estimate of drug-likeness (QED) is 0.534. The lowest BCUT2D eigenvalue weighted by molar-refractivity contribution is 0.546. The summed E-state index contributed by atoms with van der Waals surface area (Å²) in [5.74, 6) is 0.792. The molecule has 0 aromatic heterocycles. The van der Waals surface area contributed by atoms with Crippen LogP contribution < -0.4 is 0 Å². The Morgan fingerprint density at radius 2 is 2.18 bits per heavy atom. The summed E-state index contributed by atoms with van der Waals surface area (Å²) in [6, 6.07) is 0. The second-order valence-corrected chi connectivity index (χ2v) is 3.53. The first-order chi connectivity index (χ1) is 5.25. The van der Waals surface area contributed by atoms with Crippen molar-refractivity contribution in [2.75, 3.05) is 0 Å². The van der Waals surface area contributed by atoms with Gasteiger partial charge in [0.2, 0.25) is 0 Å². The van der Waals surface area contributed by atoms with Crippen LogP contribution in [-0.2, 0) is 0 Å². The monoisotopic (exact) mass is 150 g/mol. The van der Waals surface area contributed by atoms with Gasteiger partial charge in [0.1, 0.15) is 0 Å². The van der Waals surface area contributed by atoms with Crippen LogP contribution in [0.3, 0.4) is 0 Å². The molecular formula is C11H18. The van der Waals surface area contributed by atoms with Gasteiger partial charge in [-0.2, -0.15) is 0 Å². The average molecular weight is 150 g/mol. The lowest BCUT2D eigenvalue weighted by Crippen LogP contribution is -2.05. The van der Waals surface area contributed by atoms with E-state index in [4.69, 9.17) is 0 Å². The molecule has 0 aromatic rings. The lowest BCUT2D eigenvalue weighted by Gasteiger charge is -2.21. The Labute approximate surface area is 70.0 Å². The molecular weight excluding hydrogens is 132 g/mol. The molecule has 0 heteroatoms. The molecule has 0 spiro atoms. The first-order valence-electron chi connectivity index (χ1n) is 4.58. The smallest absolute Gasteiger partial charge is 0.0191 e. The standard InChI is InChI=1S/C11H18/c1-4-6-11-9(2)7-5-8-10(11)3/h4,6,9H,5,7-8H2,1-3H3/b6-4+. The third-order valence-electron chi connectivity index (χ3n) is 2.56. The molecule has 0 amide bonds.